The van der Waals surface area contributed by atoms with E-state index in [-0.39, 0.29) is 0 Å². The first-order valence-electron chi connectivity index (χ1n) is 5.05. The first-order chi connectivity index (χ1) is 7.31. The topological polar surface area (TPSA) is 46.5 Å². The van der Waals surface area contributed by atoms with Gasteiger partial charge in [-0.3, -0.25) is 4.79 Å². The van der Waals surface area contributed by atoms with E-state index < -0.39 is 5.91 Å². The van der Waals surface area contributed by atoms with Crippen molar-refractivity contribution < 1.29 is 9.59 Å². The van der Waals surface area contributed by atoms with Crippen LogP contribution < -0.4 is 0 Å². The number of carbonyl (C=O) groups excluding carboxylic acids is 2. The smallest absolute Gasteiger partial charge is 0.266 e. The molecule has 0 saturated heterocycles. The lowest BCUT2D eigenvalue weighted by molar-refractivity contribution is 0.100. The number of benzene rings is 1. The summed E-state index contributed by atoms with van der Waals surface area (Å²) in [4.78, 5) is 24.4. The Morgan fingerprint density at radius 3 is 2.67 bits per heavy atom. The van der Waals surface area contributed by atoms with Crippen LogP contribution in [0, 0.1) is 0 Å². The molecule has 1 aromatic rings. The van der Waals surface area contributed by atoms with Crippen molar-refractivity contribution in [3.8, 4) is 0 Å². The third kappa shape index (κ3) is 2.03. The van der Waals surface area contributed by atoms with Gasteiger partial charge in [-0.1, -0.05) is 6.07 Å². The third-order valence-corrected chi connectivity index (χ3v) is 2.74. The van der Waals surface area contributed by atoms with Crippen LogP contribution in [0.2, 0.25) is 0 Å². The maximum Gasteiger partial charge on any atom is 0.287 e. The van der Waals surface area contributed by atoms with Crippen molar-refractivity contribution in [2.45, 2.75) is 25.7 Å². The van der Waals surface area contributed by atoms with Crippen molar-refractivity contribution in [2.75, 3.05) is 0 Å². The summed E-state index contributed by atoms with van der Waals surface area (Å²) in [7, 11) is 0. The number of isocyanates is 1. The molecular formula is C12H11NO2. The van der Waals surface area contributed by atoms with Crippen LogP contribution in [0.15, 0.2) is 23.2 Å². The number of carbonyl (C=O) groups is 1. The zero-order chi connectivity index (χ0) is 10.7. The molecular weight excluding hydrogens is 190 g/mol. The molecule has 0 aromatic heterocycles. The molecule has 0 unspecified atom stereocenters. The van der Waals surface area contributed by atoms with Gasteiger partial charge in [0.05, 0.1) is 0 Å². The van der Waals surface area contributed by atoms with E-state index in [1.807, 2.05) is 12.1 Å². The molecule has 0 fully saturated rings. The summed E-state index contributed by atoms with van der Waals surface area (Å²) in [5.41, 5.74) is 3.01. The molecule has 1 aliphatic carbocycles. The fourth-order valence-electron chi connectivity index (χ4n) is 1.97. The SMILES string of the molecule is O=C=NC(=O)c1ccc2c(c1)CCCC2. The van der Waals surface area contributed by atoms with Gasteiger partial charge in [0, 0.05) is 5.56 Å². The predicted molar refractivity (Wildman–Crippen MR) is 55.5 cm³/mol. The molecule has 1 amide bonds. The molecule has 3 heteroatoms. The predicted octanol–water partition coefficient (Wildman–Crippen LogP) is 2.04. The number of hydrogen-bond acceptors (Lipinski definition) is 2. The Morgan fingerprint density at radius 2 is 1.93 bits per heavy atom. The number of rotatable bonds is 1. The highest BCUT2D eigenvalue weighted by molar-refractivity contribution is 5.97. The normalized spacial score (nSPS) is 13.9. The highest BCUT2D eigenvalue weighted by atomic mass is 16.2. The van der Waals surface area contributed by atoms with Crippen LogP contribution in [0.25, 0.3) is 0 Å². The Morgan fingerprint density at radius 1 is 1.20 bits per heavy atom. The van der Waals surface area contributed by atoms with E-state index in [1.54, 1.807) is 6.07 Å². The summed E-state index contributed by atoms with van der Waals surface area (Å²) in [6.07, 6.45) is 5.75. The van der Waals surface area contributed by atoms with E-state index in [1.165, 1.54) is 30.0 Å². The second kappa shape index (κ2) is 4.20. The van der Waals surface area contributed by atoms with Crippen molar-refractivity contribution in [2.24, 2.45) is 4.99 Å². The van der Waals surface area contributed by atoms with E-state index in [2.05, 4.69) is 4.99 Å². The summed E-state index contributed by atoms with van der Waals surface area (Å²) < 4.78 is 0. The van der Waals surface area contributed by atoms with Crippen LogP contribution >= 0.6 is 0 Å². The number of fused-ring (bicyclic) bond motifs is 1. The second-order valence-corrected chi connectivity index (χ2v) is 3.70. The van der Waals surface area contributed by atoms with Gasteiger partial charge < -0.3 is 0 Å². The number of hydrogen-bond donors (Lipinski definition) is 0. The highest BCUT2D eigenvalue weighted by Gasteiger charge is 2.12. The molecule has 0 saturated carbocycles. The summed E-state index contributed by atoms with van der Waals surface area (Å²) in [5, 5.41) is 0. The van der Waals surface area contributed by atoms with Crippen LogP contribution in [-0.4, -0.2) is 12.0 Å². The molecule has 0 atom stereocenters. The molecule has 15 heavy (non-hydrogen) atoms. The van der Waals surface area contributed by atoms with Gasteiger partial charge >= 0.3 is 0 Å². The van der Waals surface area contributed by atoms with E-state index in [0.717, 1.165) is 12.8 Å². The average Bonchev–Trinajstić information content (AvgIpc) is 2.29. The monoisotopic (exact) mass is 201 g/mol. The maximum atomic E-state index is 11.3. The van der Waals surface area contributed by atoms with Gasteiger partial charge in [0.2, 0.25) is 6.08 Å². The van der Waals surface area contributed by atoms with Crippen molar-refractivity contribution in [1.82, 2.24) is 0 Å². The lowest BCUT2D eigenvalue weighted by Gasteiger charge is -2.15. The molecule has 2 rings (SSSR count). The standard InChI is InChI=1S/C12H11NO2/c14-8-13-12(15)11-6-5-9-3-1-2-4-10(9)7-11/h5-7H,1-4H2. The van der Waals surface area contributed by atoms with Crippen LogP contribution in [0.3, 0.4) is 0 Å². The molecule has 0 bridgehead atoms. The van der Waals surface area contributed by atoms with E-state index in [9.17, 15) is 9.59 Å². The first-order valence-corrected chi connectivity index (χ1v) is 5.05. The lowest BCUT2D eigenvalue weighted by atomic mass is 9.90. The van der Waals surface area contributed by atoms with Crippen molar-refractivity contribution >= 4 is 12.0 Å². The van der Waals surface area contributed by atoms with Gasteiger partial charge in [-0.25, -0.2) is 4.79 Å². The van der Waals surface area contributed by atoms with Crippen molar-refractivity contribution in [3.63, 3.8) is 0 Å². The molecule has 1 aromatic carbocycles. The fraction of sp³-hybridized carbons (Fsp3) is 0.333. The van der Waals surface area contributed by atoms with Gasteiger partial charge in [0.25, 0.3) is 5.91 Å². The minimum absolute atomic E-state index is 0.485. The Kier molecular flexibility index (Phi) is 2.75. The van der Waals surface area contributed by atoms with Crippen LogP contribution in [0.4, 0.5) is 0 Å². The minimum Gasteiger partial charge on any atom is -0.266 e. The third-order valence-electron chi connectivity index (χ3n) is 2.74. The molecule has 0 heterocycles. The minimum atomic E-state index is -0.502. The van der Waals surface area contributed by atoms with Crippen LogP contribution in [0.5, 0.6) is 0 Å². The molecule has 0 spiro atoms. The van der Waals surface area contributed by atoms with Gasteiger partial charge in [0.15, 0.2) is 0 Å². The summed E-state index contributed by atoms with van der Waals surface area (Å²) >= 11 is 0. The summed E-state index contributed by atoms with van der Waals surface area (Å²) in [5.74, 6) is -0.502. The van der Waals surface area contributed by atoms with Crippen LogP contribution in [-0.2, 0) is 17.6 Å². The lowest BCUT2D eigenvalue weighted by Crippen LogP contribution is -2.05. The largest absolute Gasteiger partial charge is 0.287 e. The van der Waals surface area contributed by atoms with E-state index in [0.29, 0.717) is 5.56 Å². The van der Waals surface area contributed by atoms with E-state index >= 15 is 0 Å². The maximum absolute atomic E-state index is 11.3. The summed E-state index contributed by atoms with van der Waals surface area (Å²) in [6.45, 7) is 0. The second-order valence-electron chi connectivity index (χ2n) is 3.70. The Hall–Kier alpha value is -1.73. The molecule has 0 radical (unpaired) electrons. The van der Waals surface area contributed by atoms with Gasteiger partial charge in [-0.05, 0) is 48.9 Å². The molecule has 0 N–H and O–H groups in total. The Balaban J connectivity index is 2.35. The Labute approximate surface area is 87.8 Å². The first kappa shape index (κ1) is 9.81. The number of nitrogens with zero attached hydrogens (tertiary/aromatic N) is 1. The van der Waals surface area contributed by atoms with Gasteiger partial charge in [-0.2, -0.15) is 0 Å². The number of aliphatic imine (C=N–C) groups is 1. The zero-order valence-electron chi connectivity index (χ0n) is 8.32. The quantitative estimate of drug-likeness (QED) is 0.515. The average molecular weight is 201 g/mol. The van der Waals surface area contributed by atoms with Crippen molar-refractivity contribution in [3.05, 3.63) is 34.9 Å². The summed E-state index contributed by atoms with van der Waals surface area (Å²) in [6, 6.07) is 5.53. The molecule has 0 aliphatic heterocycles. The highest BCUT2D eigenvalue weighted by Crippen LogP contribution is 2.22. The number of aryl methyl sites for hydroxylation is 2. The zero-order valence-corrected chi connectivity index (χ0v) is 8.32. The van der Waals surface area contributed by atoms with Crippen LogP contribution in [0.1, 0.15) is 34.3 Å². The number of amides is 1. The molecule has 1 aliphatic rings. The molecule has 76 valence electrons. The fourth-order valence-corrected chi connectivity index (χ4v) is 1.97. The van der Waals surface area contributed by atoms with E-state index in [4.69, 9.17) is 0 Å². The van der Waals surface area contributed by atoms with Gasteiger partial charge in [0.1, 0.15) is 0 Å². The Bertz CT molecular complexity index is 445. The van der Waals surface area contributed by atoms with Crippen molar-refractivity contribution in [1.29, 1.82) is 0 Å². The molecule has 3 nitrogen and oxygen atoms in total. The van der Waals surface area contributed by atoms with Gasteiger partial charge in [-0.15, -0.1) is 4.99 Å².